The lowest BCUT2D eigenvalue weighted by atomic mass is 10.1. The molecule has 0 aliphatic heterocycles. The van der Waals surface area contributed by atoms with Crippen molar-refractivity contribution in [1.82, 2.24) is 24.6 Å². The van der Waals surface area contributed by atoms with Crippen LogP contribution in [0.3, 0.4) is 0 Å². The van der Waals surface area contributed by atoms with Crippen LogP contribution in [-0.2, 0) is 16.0 Å². The van der Waals surface area contributed by atoms with Gasteiger partial charge in [0.05, 0.1) is 12.1 Å². The van der Waals surface area contributed by atoms with Crippen molar-refractivity contribution in [3.05, 3.63) is 29.0 Å². The molecule has 0 aromatic carbocycles. The Hall–Kier alpha value is -2.61. The predicted octanol–water partition coefficient (Wildman–Crippen LogP) is 2.92. The highest BCUT2D eigenvalue weighted by atomic mass is 32.1. The Morgan fingerprint density at radius 1 is 1.24 bits per heavy atom. The lowest BCUT2D eigenvalue weighted by molar-refractivity contribution is -0.142. The van der Waals surface area contributed by atoms with Crippen molar-refractivity contribution < 1.29 is 9.53 Å². The van der Waals surface area contributed by atoms with E-state index in [2.05, 4.69) is 29.0 Å². The second-order valence-electron chi connectivity index (χ2n) is 5.94. The fraction of sp³-hybridized carbons (Fsp3) is 0.353. The van der Waals surface area contributed by atoms with Gasteiger partial charge in [0, 0.05) is 11.1 Å². The molecule has 0 amide bonds. The zero-order valence-electron chi connectivity index (χ0n) is 14.5. The highest BCUT2D eigenvalue weighted by molar-refractivity contribution is 7.26. The van der Waals surface area contributed by atoms with E-state index in [-0.39, 0.29) is 12.4 Å². The first-order valence-corrected chi connectivity index (χ1v) is 8.87. The number of carbonyl (C=O) groups excluding carboxylic acids is 1. The molecule has 0 N–H and O–H groups in total. The number of thiophene rings is 1. The van der Waals surface area contributed by atoms with Crippen molar-refractivity contribution in [2.75, 3.05) is 6.61 Å². The third-order valence-electron chi connectivity index (χ3n) is 4.49. The zero-order chi connectivity index (χ0) is 17.7. The molecule has 0 aliphatic rings. The summed E-state index contributed by atoms with van der Waals surface area (Å²) >= 11 is 1.56. The monoisotopic (exact) mass is 355 g/mol. The summed E-state index contributed by atoms with van der Waals surface area (Å²) in [6.07, 6.45) is 1.75. The maximum absolute atomic E-state index is 11.7. The van der Waals surface area contributed by atoms with Gasteiger partial charge in [-0.2, -0.15) is 0 Å². The third kappa shape index (κ3) is 2.36. The Morgan fingerprint density at radius 2 is 2.04 bits per heavy atom. The van der Waals surface area contributed by atoms with Gasteiger partial charge in [0.15, 0.2) is 5.65 Å². The number of ether oxygens (including phenoxy) is 1. The molecule has 0 atom stereocenters. The van der Waals surface area contributed by atoms with E-state index in [1.54, 1.807) is 29.0 Å². The molecule has 0 bridgehead atoms. The fourth-order valence-corrected chi connectivity index (χ4v) is 4.18. The average molecular weight is 355 g/mol. The van der Waals surface area contributed by atoms with Crippen LogP contribution in [0.25, 0.3) is 26.1 Å². The summed E-state index contributed by atoms with van der Waals surface area (Å²) in [5.74, 6) is 0.203. The van der Waals surface area contributed by atoms with Gasteiger partial charge in [0.1, 0.15) is 28.1 Å². The molecule has 0 saturated carbocycles. The van der Waals surface area contributed by atoms with Crippen LogP contribution in [0, 0.1) is 20.8 Å². The van der Waals surface area contributed by atoms with Gasteiger partial charge in [0.2, 0.25) is 0 Å². The molecular formula is C17H17N5O2S. The Morgan fingerprint density at radius 3 is 2.80 bits per heavy atom. The minimum absolute atomic E-state index is 0.0720. The lowest BCUT2D eigenvalue weighted by Crippen LogP contribution is -2.10. The Kier molecular flexibility index (Phi) is 3.64. The van der Waals surface area contributed by atoms with Crippen molar-refractivity contribution in [2.24, 2.45) is 0 Å². The molecule has 7 nitrogen and oxygen atoms in total. The second kappa shape index (κ2) is 5.73. The molecule has 0 saturated heterocycles. The quantitative estimate of drug-likeness (QED) is 0.526. The van der Waals surface area contributed by atoms with E-state index in [1.807, 2.05) is 6.92 Å². The number of esters is 1. The van der Waals surface area contributed by atoms with E-state index < -0.39 is 0 Å². The van der Waals surface area contributed by atoms with Crippen molar-refractivity contribution in [3.63, 3.8) is 0 Å². The van der Waals surface area contributed by atoms with Crippen molar-refractivity contribution in [2.45, 2.75) is 34.1 Å². The maximum Gasteiger partial charge on any atom is 0.313 e. The van der Waals surface area contributed by atoms with Gasteiger partial charge in [-0.15, -0.1) is 21.5 Å². The van der Waals surface area contributed by atoms with Crippen LogP contribution in [0.4, 0.5) is 0 Å². The number of carbonyl (C=O) groups is 1. The Bertz CT molecular complexity index is 1140. The normalized spacial score (nSPS) is 11.7. The van der Waals surface area contributed by atoms with Crippen LogP contribution in [0.15, 0.2) is 6.33 Å². The third-order valence-corrected chi connectivity index (χ3v) is 5.56. The van der Waals surface area contributed by atoms with Crippen LogP contribution < -0.4 is 0 Å². The summed E-state index contributed by atoms with van der Waals surface area (Å²) in [5, 5.41) is 9.50. The Labute approximate surface area is 147 Å². The fourth-order valence-electron chi connectivity index (χ4n) is 2.97. The first-order valence-electron chi connectivity index (χ1n) is 8.05. The largest absolute Gasteiger partial charge is 0.466 e. The van der Waals surface area contributed by atoms with Gasteiger partial charge in [-0.05, 0) is 38.8 Å². The molecule has 4 aromatic rings. The highest BCUT2D eigenvalue weighted by Crippen LogP contribution is 2.36. The molecule has 4 heterocycles. The van der Waals surface area contributed by atoms with Crippen molar-refractivity contribution >= 4 is 43.4 Å². The second-order valence-corrected chi connectivity index (χ2v) is 6.94. The average Bonchev–Trinajstić information content (AvgIpc) is 3.14. The summed E-state index contributed by atoms with van der Waals surface area (Å²) < 4.78 is 7.68. The highest BCUT2D eigenvalue weighted by Gasteiger charge is 2.19. The van der Waals surface area contributed by atoms with Crippen LogP contribution >= 0.6 is 11.3 Å². The van der Waals surface area contributed by atoms with Crippen molar-refractivity contribution in [1.29, 1.82) is 0 Å². The number of hydrogen-bond donors (Lipinski definition) is 0. The molecule has 0 unspecified atom stereocenters. The Balaban J connectivity index is 1.96. The van der Waals surface area contributed by atoms with Crippen molar-refractivity contribution in [3.8, 4) is 0 Å². The minimum Gasteiger partial charge on any atom is -0.466 e. The molecular weight excluding hydrogens is 338 g/mol. The molecule has 0 aliphatic carbocycles. The summed E-state index contributed by atoms with van der Waals surface area (Å²) in [4.78, 5) is 22.0. The van der Waals surface area contributed by atoms with E-state index in [4.69, 9.17) is 9.72 Å². The van der Waals surface area contributed by atoms with E-state index in [0.717, 1.165) is 26.1 Å². The van der Waals surface area contributed by atoms with Gasteiger partial charge in [0.25, 0.3) is 0 Å². The van der Waals surface area contributed by atoms with E-state index in [0.29, 0.717) is 18.1 Å². The van der Waals surface area contributed by atoms with Gasteiger partial charge >= 0.3 is 5.97 Å². The smallest absolute Gasteiger partial charge is 0.313 e. The zero-order valence-corrected chi connectivity index (χ0v) is 15.3. The topological polar surface area (TPSA) is 82.3 Å². The van der Waals surface area contributed by atoms with Gasteiger partial charge in [-0.25, -0.2) is 9.97 Å². The first-order chi connectivity index (χ1) is 12.0. The number of pyridine rings is 1. The van der Waals surface area contributed by atoms with Crippen LogP contribution in [0.2, 0.25) is 0 Å². The molecule has 0 spiro atoms. The number of nitrogens with zero attached hydrogens (tertiary/aromatic N) is 5. The summed E-state index contributed by atoms with van der Waals surface area (Å²) in [5.41, 5.74) is 4.98. The lowest BCUT2D eigenvalue weighted by Gasteiger charge is -2.05. The number of aryl methyl sites for hydroxylation is 2. The molecule has 4 rings (SSSR count). The number of aromatic nitrogens is 5. The first kappa shape index (κ1) is 15.9. The van der Waals surface area contributed by atoms with Crippen LogP contribution in [0.5, 0.6) is 0 Å². The molecule has 0 radical (unpaired) electrons. The van der Waals surface area contributed by atoms with Gasteiger partial charge < -0.3 is 4.74 Å². The van der Waals surface area contributed by atoms with Crippen LogP contribution in [0.1, 0.15) is 29.6 Å². The molecule has 25 heavy (non-hydrogen) atoms. The summed E-state index contributed by atoms with van der Waals surface area (Å²) in [6, 6.07) is 0. The summed E-state index contributed by atoms with van der Waals surface area (Å²) in [7, 11) is 0. The van der Waals surface area contributed by atoms with E-state index >= 15 is 0 Å². The SMILES string of the molecule is CCOC(=O)Cc1nnc2c3sc4nc(C)c(C)c(C)c4c3ncn12. The number of hydrogen-bond acceptors (Lipinski definition) is 7. The van der Waals surface area contributed by atoms with E-state index in [9.17, 15) is 4.79 Å². The maximum atomic E-state index is 11.7. The van der Waals surface area contributed by atoms with Crippen LogP contribution in [-0.4, -0.2) is 37.1 Å². The number of fused-ring (bicyclic) bond motifs is 5. The minimum atomic E-state index is -0.322. The molecule has 4 aromatic heterocycles. The molecule has 8 heteroatoms. The van der Waals surface area contributed by atoms with E-state index in [1.165, 1.54) is 11.1 Å². The molecule has 0 fully saturated rings. The van der Waals surface area contributed by atoms with Gasteiger partial charge in [-0.1, -0.05) is 0 Å². The number of rotatable bonds is 3. The standard InChI is InChI=1S/C17H17N5O2S/c1-5-24-12(23)6-11-20-21-16-15-14(18-7-22(11)16)13-9(3)8(2)10(4)19-17(13)25-15/h7H,5-6H2,1-4H3. The molecule has 128 valence electrons. The summed E-state index contributed by atoms with van der Waals surface area (Å²) in [6.45, 7) is 8.32. The predicted molar refractivity (Wildman–Crippen MR) is 96.0 cm³/mol. The van der Waals surface area contributed by atoms with Gasteiger partial charge in [-0.3, -0.25) is 9.20 Å².